The molecule has 3 amide bonds. The number of fused-ring (bicyclic) bond motifs is 1. The van der Waals surface area contributed by atoms with Crippen LogP contribution in [-0.2, 0) is 4.79 Å². The van der Waals surface area contributed by atoms with Gasteiger partial charge in [0.15, 0.2) is 11.5 Å². The van der Waals surface area contributed by atoms with Crippen molar-refractivity contribution in [3.63, 3.8) is 0 Å². The number of nitrogens with one attached hydrogen (secondary N) is 3. The zero-order chi connectivity index (χ0) is 15.2. The summed E-state index contributed by atoms with van der Waals surface area (Å²) >= 11 is 0. The van der Waals surface area contributed by atoms with Crippen LogP contribution in [0.5, 0.6) is 11.5 Å². The summed E-state index contributed by atoms with van der Waals surface area (Å²) in [4.78, 5) is 22.9. The second-order valence-corrected chi connectivity index (χ2v) is 4.65. The number of hydrogen-bond acceptors (Lipinski definition) is 5. The average molecular weight is 293 g/mol. The van der Waals surface area contributed by atoms with Gasteiger partial charge >= 0.3 is 6.03 Å². The summed E-state index contributed by atoms with van der Waals surface area (Å²) in [5, 5.41) is 7.56. The van der Waals surface area contributed by atoms with Crippen LogP contribution in [0.25, 0.3) is 0 Å². The molecule has 0 saturated heterocycles. The second kappa shape index (κ2) is 6.83. The molecule has 1 atom stereocenters. The third kappa shape index (κ3) is 4.01. The highest BCUT2D eigenvalue weighted by Crippen LogP contribution is 2.32. The van der Waals surface area contributed by atoms with Crippen molar-refractivity contribution in [2.75, 3.05) is 25.6 Å². The van der Waals surface area contributed by atoms with Gasteiger partial charge in [-0.05, 0) is 19.1 Å². The molecular formula is C14H19N3O4. The number of amides is 3. The van der Waals surface area contributed by atoms with Gasteiger partial charge in [0.2, 0.25) is 5.91 Å². The Bertz CT molecular complexity index is 533. The number of carbonyl (C=O) groups excluding carboxylic acids is 2. The lowest BCUT2D eigenvalue weighted by atomic mass is 10.2. The summed E-state index contributed by atoms with van der Waals surface area (Å²) in [5.74, 6) is 0.929. The molecule has 0 radical (unpaired) electrons. The first-order chi connectivity index (χ1) is 10.1. The van der Waals surface area contributed by atoms with Crippen LogP contribution in [0.2, 0.25) is 0 Å². The Labute approximate surface area is 123 Å². The number of rotatable bonds is 3. The van der Waals surface area contributed by atoms with Crippen molar-refractivity contribution in [3.05, 3.63) is 18.2 Å². The van der Waals surface area contributed by atoms with Gasteiger partial charge in [-0.2, -0.15) is 0 Å². The molecule has 0 aliphatic carbocycles. The Morgan fingerprint density at radius 1 is 1.19 bits per heavy atom. The summed E-state index contributed by atoms with van der Waals surface area (Å²) in [6, 6.07) is 4.28. The third-order valence-corrected chi connectivity index (χ3v) is 2.99. The number of benzene rings is 1. The molecule has 0 spiro atoms. The Balaban J connectivity index is 2.01. The van der Waals surface area contributed by atoms with E-state index in [2.05, 4.69) is 16.0 Å². The zero-order valence-electron chi connectivity index (χ0n) is 12.1. The van der Waals surface area contributed by atoms with Gasteiger partial charge < -0.3 is 20.1 Å². The lowest BCUT2D eigenvalue weighted by Crippen LogP contribution is -2.44. The van der Waals surface area contributed by atoms with Gasteiger partial charge in [-0.3, -0.25) is 10.1 Å². The zero-order valence-corrected chi connectivity index (χ0v) is 12.1. The van der Waals surface area contributed by atoms with E-state index in [0.29, 0.717) is 24.7 Å². The molecule has 3 N–H and O–H groups in total. The lowest BCUT2D eigenvalue weighted by Gasteiger charge is -2.16. The van der Waals surface area contributed by atoms with E-state index in [-0.39, 0.29) is 0 Å². The van der Waals surface area contributed by atoms with Crippen LogP contribution in [0.4, 0.5) is 10.5 Å². The molecule has 7 nitrogen and oxygen atoms in total. The van der Waals surface area contributed by atoms with Crippen molar-refractivity contribution in [1.82, 2.24) is 10.6 Å². The predicted octanol–water partition coefficient (Wildman–Crippen LogP) is 1.10. The summed E-state index contributed by atoms with van der Waals surface area (Å²) < 4.78 is 11.1. The van der Waals surface area contributed by atoms with Crippen LogP contribution in [0.1, 0.15) is 13.3 Å². The molecule has 1 heterocycles. The number of imide groups is 1. The molecule has 1 aromatic rings. The summed E-state index contributed by atoms with van der Waals surface area (Å²) in [5.41, 5.74) is 0.721. The second-order valence-electron chi connectivity index (χ2n) is 4.65. The van der Waals surface area contributed by atoms with E-state index in [1.807, 2.05) is 0 Å². The SMILES string of the molecule is CNC(=O)NC(=O)[C@@H](C)Nc1ccc2c(c1)OCCCO2. The van der Waals surface area contributed by atoms with Crippen LogP contribution < -0.4 is 25.4 Å². The topological polar surface area (TPSA) is 88.7 Å². The first-order valence-electron chi connectivity index (χ1n) is 6.79. The molecule has 1 aromatic carbocycles. The minimum atomic E-state index is -0.563. The van der Waals surface area contributed by atoms with Crippen LogP contribution >= 0.6 is 0 Å². The fourth-order valence-corrected chi connectivity index (χ4v) is 1.85. The molecule has 0 bridgehead atoms. The van der Waals surface area contributed by atoms with Gasteiger partial charge in [0, 0.05) is 25.2 Å². The number of urea groups is 1. The highest BCUT2D eigenvalue weighted by molar-refractivity contribution is 5.97. The highest BCUT2D eigenvalue weighted by Gasteiger charge is 2.16. The first-order valence-corrected chi connectivity index (χ1v) is 6.79. The molecular weight excluding hydrogens is 274 g/mol. The van der Waals surface area contributed by atoms with Crippen molar-refractivity contribution in [1.29, 1.82) is 0 Å². The number of anilines is 1. The Kier molecular flexibility index (Phi) is 4.86. The molecule has 0 saturated carbocycles. The largest absolute Gasteiger partial charge is 0.490 e. The molecule has 0 unspecified atom stereocenters. The van der Waals surface area contributed by atoms with E-state index in [4.69, 9.17) is 9.47 Å². The van der Waals surface area contributed by atoms with Gasteiger partial charge in [0.05, 0.1) is 13.2 Å². The van der Waals surface area contributed by atoms with E-state index in [9.17, 15) is 9.59 Å². The predicted molar refractivity (Wildman–Crippen MR) is 77.7 cm³/mol. The standard InChI is InChI=1S/C14H19N3O4/c1-9(13(18)17-14(19)15-2)16-10-4-5-11-12(8-10)21-7-3-6-20-11/h4-5,8-9,16H,3,6-7H2,1-2H3,(H2,15,17,18,19)/t9-/m1/s1. The summed E-state index contributed by atoms with van der Waals surface area (Å²) in [6.07, 6.45) is 0.836. The van der Waals surface area contributed by atoms with Crippen LogP contribution in [0.15, 0.2) is 18.2 Å². The van der Waals surface area contributed by atoms with Crippen LogP contribution in [0.3, 0.4) is 0 Å². The average Bonchev–Trinajstić information content (AvgIpc) is 2.71. The maximum Gasteiger partial charge on any atom is 0.321 e. The van der Waals surface area contributed by atoms with Gasteiger partial charge in [-0.15, -0.1) is 0 Å². The number of carbonyl (C=O) groups is 2. The molecule has 21 heavy (non-hydrogen) atoms. The Hall–Kier alpha value is -2.44. The van der Waals surface area contributed by atoms with Gasteiger partial charge in [-0.25, -0.2) is 4.79 Å². The quantitative estimate of drug-likeness (QED) is 0.776. The first kappa shape index (κ1) is 15.0. The van der Waals surface area contributed by atoms with Gasteiger partial charge in [-0.1, -0.05) is 0 Å². The number of ether oxygens (including phenoxy) is 2. The van der Waals surface area contributed by atoms with Crippen molar-refractivity contribution in [3.8, 4) is 11.5 Å². The third-order valence-electron chi connectivity index (χ3n) is 2.99. The fraction of sp³-hybridized carbons (Fsp3) is 0.429. The Morgan fingerprint density at radius 2 is 1.90 bits per heavy atom. The van der Waals surface area contributed by atoms with E-state index in [1.165, 1.54) is 7.05 Å². The maximum absolute atomic E-state index is 11.8. The molecule has 1 aliphatic heterocycles. The lowest BCUT2D eigenvalue weighted by molar-refractivity contribution is -0.120. The normalized spacial score (nSPS) is 14.6. The molecule has 0 fully saturated rings. The molecule has 1 aliphatic rings. The molecule has 114 valence electrons. The van der Waals surface area contributed by atoms with Crippen molar-refractivity contribution in [2.24, 2.45) is 0 Å². The monoisotopic (exact) mass is 293 g/mol. The molecule has 0 aromatic heterocycles. The van der Waals surface area contributed by atoms with Crippen LogP contribution in [0, 0.1) is 0 Å². The molecule has 7 heteroatoms. The van der Waals surface area contributed by atoms with E-state index < -0.39 is 18.0 Å². The van der Waals surface area contributed by atoms with Gasteiger partial charge in [0.1, 0.15) is 6.04 Å². The summed E-state index contributed by atoms with van der Waals surface area (Å²) in [7, 11) is 1.45. The van der Waals surface area contributed by atoms with E-state index >= 15 is 0 Å². The molecule has 2 rings (SSSR count). The Morgan fingerprint density at radius 3 is 2.62 bits per heavy atom. The van der Waals surface area contributed by atoms with Crippen molar-refractivity contribution >= 4 is 17.6 Å². The maximum atomic E-state index is 11.8. The minimum absolute atomic E-state index is 0.415. The summed E-state index contributed by atoms with van der Waals surface area (Å²) in [6.45, 7) is 2.90. The van der Waals surface area contributed by atoms with E-state index in [0.717, 1.165) is 12.1 Å². The smallest absolute Gasteiger partial charge is 0.321 e. The van der Waals surface area contributed by atoms with Crippen molar-refractivity contribution in [2.45, 2.75) is 19.4 Å². The fourth-order valence-electron chi connectivity index (χ4n) is 1.85. The van der Waals surface area contributed by atoms with Crippen molar-refractivity contribution < 1.29 is 19.1 Å². The number of hydrogen-bond donors (Lipinski definition) is 3. The van der Waals surface area contributed by atoms with Crippen LogP contribution in [-0.4, -0.2) is 38.2 Å². The van der Waals surface area contributed by atoms with E-state index in [1.54, 1.807) is 25.1 Å². The highest BCUT2D eigenvalue weighted by atomic mass is 16.5. The van der Waals surface area contributed by atoms with Gasteiger partial charge in [0.25, 0.3) is 0 Å². The minimum Gasteiger partial charge on any atom is -0.490 e.